The zero-order chi connectivity index (χ0) is 14.1. The molecule has 2 aromatic rings. The van der Waals surface area contributed by atoms with Crippen LogP contribution in [-0.2, 0) is 0 Å². The second-order valence-corrected chi connectivity index (χ2v) is 6.17. The number of aromatic nitrogens is 2. The van der Waals surface area contributed by atoms with Crippen LogP contribution in [0.2, 0.25) is 0 Å². The summed E-state index contributed by atoms with van der Waals surface area (Å²) in [5.41, 5.74) is 2.33. The average Bonchev–Trinajstić information content (AvgIpc) is 3.19. The normalized spacial score (nSPS) is 25.7. The Hall–Kier alpha value is -1.81. The number of anilines is 1. The van der Waals surface area contributed by atoms with E-state index in [4.69, 9.17) is 0 Å². The highest BCUT2D eigenvalue weighted by atomic mass is 15.3. The first-order valence-corrected chi connectivity index (χ1v) is 8.00. The highest BCUT2D eigenvalue weighted by Gasteiger charge is 2.31. The quantitative estimate of drug-likeness (QED) is 0.939. The van der Waals surface area contributed by atoms with E-state index in [1.807, 2.05) is 23.1 Å². The van der Waals surface area contributed by atoms with Crippen molar-refractivity contribution in [2.24, 2.45) is 0 Å². The van der Waals surface area contributed by atoms with E-state index in [2.05, 4.69) is 39.6 Å². The highest BCUT2D eigenvalue weighted by molar-refractivity contribution is 5.61. The van der Waals surface area contributed by atoms with E-state index in [9.17, 15) is 0 Å². The van der Waals surface area contributed by atoms with Crippen LogP contribution in [0.4, 0.5) is 5.69 Å². The first-order chi connectivity index (χ1) is 10.4. The van der Waals surface area contributed by atoms with Crippen LogP contribution in [0.15, 0.2) is 42.7 Å². The fourth-order valence-corrected chi connectivity index (χ4v) is 3.78. The minimum absolute atomic E-state index is 0.584. The Morgan fingerprint density at radius 3 is 2.95 bits per heavy atom. The number of nitrogens with zero attached hydrogens (tertiary/aromatic N) is 3. The molecule has 0 bridgehead atoms. The molecular weight excluding hydrogens is 260 g/mol. The van der Waals surface area contributed by atoms with E-state index < -0.39 is 0 Å². The lowest BCUT2D eigenvalue weighted by molar-refractivity contribution is 0.188. The second-order valence-electron chi connectivity index (χ2n) is 6.17. The van der Waals surface area contributed by atoms with Crippen molar-refractivity contribution in [3.05, 3.63) is 42.7 Å². The van der Waals surface area contributed by atoms with Crippen molar-refractivity contribution < 1.29 is 0 Å². The molecule has 21 heavy (non-hydrogen) atoms. The highest BCUT2D eigenvalue weighted by Crippen LogP contribution is 2.29. The van der Waals surface area contributed by atoms with Gasteiger partial charge in [-0.25, -0.2) is 4.68 Å². The van der Waals surface area contributed by atoms with Crippen LogP contribution in [0.3, 0.4) is 0 Å². The van der Waals surface area contributed by atoms with Gasteiger partial charge in [0.05, 0.1) is 11.4 Å². The number of hydrogen-bond donors (Lipinski definition) is 1. The van der Waals surface area contributed by atoms with Crippen LogP contribution in [0.5, 0.6) is 0 Å². The smallest absolute Gasteiger partial charge is 0.0876 e. The summed E-state index contributed by atoms with van der Waals surface area (Å²) in [4.78, 5) is 2.66. The molecule has 0 aliphatic carbocycles. The number of piperidine rings is 1. The Balaban J connectivity index is 1.52. The van der Waals surface area contributed by atoms with Gasteiger partial charge in [-0.05, 0) is 50.4 Å². The van der Waals surface area contributed by atoms with Gasteiger partial charge < -0.3 is 10.2 Å². The predicted molar refractivity (Wildman–Crippen MR) is 84.8 cm³/mol. The number of fused-ring (bicyclic) bond motifs is 1. The van der Waals surface area contributed by atoms with E-state index in [1.54, 1.807) is 0 Å². The molecule has 2 fully saturated rings. The summed E-state index contributed by atoms with van der Waals surface area (Å²) in [6, 6.07) is 11.8. The van der Waals surface area contributed by atoms with Gasteiger partial charge in [0.15, 0.2) is 0 Å². The van der Waals surface area contributed by atoms with Crippen LogP contribution < -0.4 is 5.32 Å². The van der Waals surface area contributed by atoms with Crippen molar-refractivity contribution in [2.45, 2.75) is 37.8 Å². The van der Waals surface area contributed by atoms with Gasteiger partial charge in [-0.15, -0.1) is 0 Å². The third-order valence-electron chi connectivity index (χ3n) is 4.84. The molecule has 0 saturated carbocycles. The summed E-state index contributed by atoms with van der Waals surface area (Å²) in [5.74, 6) is 0. The lowest BCUT2D eigenvalue weighted by Gasteiger charge is -2.35. The van der Waals surface area contributed by atoms with Crippen LogP contribution in [0.25, 0.3) is 5.69 Å². The van der Waals surface area contributed by atoms with Crippen LogP contribution >= 0.6 is 0 Å². The molecule has 4 nitrogen and oxygen atoms in total. The molecule has 0 spiro atoms. The zero-order valence-corrected chi connectivity index (χ0v) is 12.3. The Kier molecular flexibility index (Phi) is 3.39. The molecule has 2 aliphatic rings. The van der Waals surface area contributed by atoms with E-state index >= 15 is 0 Å². The summed E-state index contributed by atoms with van der Waals surface area (Å²) in [6.45, 7) is 2.55. The standard InChI is InChI=1S/C17H22N4/c1-2-7-17(21-11-4-9-18-21)16(6-1)19-14-8-12-20-10-3-5-15(20)13-14/h1-2,4,6-7,9,11,14-15,19H,3,5,8,10,12-13H2. The largest absolute Gasteiger partial charge is 0.380 e. The van der Waals surface area contributed by atoms with Crippen molar-refractivity contribution >= 4 is 5.69 Å². The second kappa shape index (κ2) is 5.53. The van der Waals surface area contributed by atoms with Crippen molar-refractivity contribution in [2.75, 3.05) is 18.4 Å². The third-order valence-corrected chi connectivity index (χ3v) is 4.84. The molecule has 0 amide bonds. The molecule has 1 aromatic heterocycles. The van der Waals surface area contributed by atoms with Gasteiger partial charge in [0.25, 0.3) is 0 Å². The Bertz CT molecular complexity index is 593. The van der Waals surface area contributed by atoms with Crippen LogP contribution in [-0.4, -0.2) is 39.9 Å². The monoisotopic (exact) mass is 282 g/mol. The van der Waals surface area contributed by atoms with E-state index in [1.165, 1.54) is 44.5 Å². The van der Waals surface area contributed by atoms with Crippen molar-refractivity contribution in [3.8, 4) is 5.69 Å². The van der Waals surface area contributed by atoms with Crippen molar-refractivity contribution in [1.82, 2.24) is 14.7 Å². The summed E-state index contributed by atoms with van der Waals surface area (Å²) >= 11 is 0. The first kappa shape index (κ1) is 12.9. The number of para-hydroxylation sites is 2. The molecule has 2 unspecified atom stereocenters. The van der Waals surface area contributed by atoms with Gasteiger partial charge in [0.1, 0.15) is 0 Å². The zero-order valence-electron chi connectivity index (χ0n) is 12.3. The van der Waals surface area contributed by atoms with E-state index in [-0.39, 0.29) is 0 Å². The molecule has 0 radical (unpaired) electrons. The fourth-order valence-electron chi connectivity index (χ4n) is 3.78. The molecule has 2 saturated heterocycles. The van der Waals surface area contributed by atoms with Crippen molar-refractivity contribution in [3.63, 3.8) is 0 Å². The minimum Gasteiger partial charge on any atom is -0.380 e. The summed E-state index contributed by atoms with van der Waals surface area (Å²) < 4.78 is 1.94. The van der Waals surface area contributed by atoms with E-state index in [0.29, 0.717) is 6.04 Å². The SMILES string of the molecule is c1ccc(-n2cccn2)c(NC2CCN3CCCC3C2)c1. The van der Waals surface area contributed by atoms with Gasteiger partial charge >= 0.3 is 0 Å². The molecular formula is C17H22N4. The van der Waals surface area contributed by atoms with E-state index in [0.717, 1.165) is 11.7 Å². The fraction of sp³-hybridized carbons (Fsp3) is 0.471. The maximum atomic E-state index is 4.36. The van der Waals surface area contributed by atoms with Gasteiger partial charge in [-0.1, -0.05) is 12.1 Å². The maximum absolute atomic E-state index is 4.36. The third kappa shape index (κ3) is 2.56. The number of hydrogen-bond acceptors (Lipinski definition) is 3. The number of benzene rings is 1. The predicted octanol–water partition coefficient (Wildman–Crippen LogP) is 2.91. The maximum Gasteiger partial charge on any atom is 0.0876 e. The Labute approximate surface area is 125 Å². The van der Waals surface area contributed by atoms with Crippen molar-refractivity contribution in [1.29, 1.82) is 0 Å². The Morgan fingerprint density at radius 1 is 1.10 bits per heavy atom. The molecule has 4 rings (SSSR count). The molecule has 2 aliphatic heterocycles. The molecule has 110 valence electrons. The number of rotatable bonds is 3. The minimum atomic E-state index is 0.584. The topological polar surface area (TPSA) is 33.1 Å². The lowest BCUT2D eigenvalue weighted by atomic mass is 9.97. The van der Waals surface area contributed by atoms with Gasteiger partial charge in [-0.3, -0.25) is 0 Å². The van der Waals surface area contributed by atoms with Crippen LogP contribution in [0.1, 0.15) is 25.7 Å². The molecule has 1 N–H and O–H groups in total. The summed E-state index contributed by atoms with van der Waals surface area (Å²) in [7, 11) is 0. The molecule has 2 atom stereocenters. The van der Waals surface area contributed by atoms with Gasteiger partial charge in [-0.2, -0.15) is 5.10 Å². The van der Waals surface area contributed by atoms with Gasteiger partial charge in [0, 0.05) is 31.0 Å². The lowest BCUT2D eigenvalue weighted by Crippen LogP contribution is -2.42. The summed E-state index contributed by atoms with van der Waals surface area (Å²) in [5, 5.41) is 8.12. The van der Waals surface area contributed by atoms with Gasteiger partial charge in [0.2, 0.25) is 0 Å². The molecule has 4 heteroatoms. The summed E-state index contributed by atoms with van der Waals surface area (Å²) in [6.07, 6.45) is 9.09. The first-order valence-electron chi connectivity index (χ1n) is 8.00. The molecule has 1 aromatic carbocycles. The Morgan fingerprint density at radius 2 is 2.05 bits per heavy atom. The number of nitrogens with one attached hydrogen (secondary N) is 1. The average molecular weight is 282 g/mol. The van der Waals surface area contributed by atoms with Crippen LogP contribution in [0, 0.1) is 0 Å². The molecule has 3 heterocycles.